The summed E-state index contributed by atoms with van der Waals surface area (Å²) in [6, 6.07) is 18.3. The number of halogens is 4. The molecular formula is C20H16Cl4O4. The molecule has 28 heavy (non-hydrogen) atoms. The Morgan fingerprint density at radius 3 is 1.25 bits per heavy atom. The number of ether oxygens (including phenoxy) is 4. The molecule has 0 aliphatic carbocycles. The quantitative estimate of drug-likeness (QED) is 0.547. The summed E-state index contributed by atoms with van der Waals surface area (Å²) < 4.78 is 21.5. The molecule has 4 aliphatic heterocycles. The molecule has 4 fully saturated rings. The summed E-state index contributed by atoms with van der Waals surface area (Å²) >= 11 is 27.4. The maximum Gasteiger partial charge on any atom is 0.240 e. The van der Waals surface area contributed by atoms with Gasteiger partial charge in [-0.2, -0.15) is 0 Å². The van der Waals surface area contributed by atoms with Crippen LogP contribution in [0.4, 0.5) is 0 Å². The van der Waals surface area contributed by atoms with E-state index < -0.39 is 31.8 Å². The van der Waals surface area contributed by atoms with Gasteiger partial charge in [-0.25, -0.2) is 0 Å². The van der Waals surface area contributed by atoms with Crippen LogP contribution in [-0.4, -0.2) is 20.2 Å². The van der Waals surface area contributed by atoms with Gasteiger partial charge in [0.15, 0.2) is 0 Å². The molecule has 4 saturated heterocycles. The van der Waals surface area contributed by atoms with Crippen molar-refractivity contribution >= 4 is 46.4 Å². The van der Waals surface area contributed by atoms with Gasteiger partial charge in [-0.3, -0.25) is 0 Å². The lowest BCUT2D eigenvalue weighted by atomic mass is 9.83. The minimum Gasteiger partial charge on any atom is -0.312 e. The van der Waals surface area contributed by atoms with E-state index >= 15 is 0 Å². The number of benzene rings is 2. The van der Waals surface area contributed by atoms with Gasteiger partial charge in [0.2, 0.25) is 31.8 Å². The second-order valence-corrected chi connectivity index (χ2v) is 10.1. The minimum absolute atomic E-state index is 0.591. The van der Waals surface area contributed by atoms with E-state index in [2.05, 4.69) is 0 Å². The van der Waals surface area contributed by atoms with Crippen molar-refractivity contribution in [2.75, 3.05) is 0 Å². The van der Waals surface area contributed by atoms with Gasteiger partial charge in [-0.05, 0) is 13.8 Å². The van der Waals surface area contributed by atoms with Crippen LogP contribution in [0.2, 0.25) is 0 Å². The Labute approximate surface area is 182 Å². The standard InChI is InChI=1S/C20H16Cl4O4/c1-15-19(21,22)17(13-9-5-3-6-10-13)27-16(2,25-15)20(23,24)18(26-15,28-17)14-11-7-4-8-12-14/h3-12H,1-2H3. The zero-order valence-electron chi connectivity index (χ0n) is 14.9. The van der Waals surface area contributed by atoms with Gasteiger partial charge in [-0.15, -0.1) is 0 Å². The SMILES string of the molecule is CC12OC3(C)OC(c4ccccc4)(OC(c4ccccc4)(O1)C3(Cl)Cl)C2(Cl)Cl. The van der Waals surface area contributed by atoms with Gasteiger partial charge in [-0.1, -0.05) is 107 Å². The fourth-order valence-corrected chi connectivity index (χ4v) is 5.28. The summed E-state index contributed by atoms with van der Waals surface area (Å²) in [5.74, 6) is -6.39. The van der Waals surface area contributed by atoms with E-state index in [4.69, 9.17) is 65.4 Å². The Balaban J connectivity index is 1.84. The minimum atomic E-state index is -1.77. The van der Waals surface area contributed by atoms with Gasteiger partial charge in [0.25, 0.3) is 0 Å². The zero-order chi connectivity index (χ0) is 20.1. The van der Waals surface area contributed by atoms with Gasteiger partial charge >= 0.3 is 0 Å². The number of hydrogen-bond donors (Lipinski definition) is 0. The highest BCUT2D eigenvalue weighted by molar-refractivity contribution is 6.51. The van der Waals surface area contributed by atoms with Crippen LogP contribution < -0.4 is 0 Å². The van der Waals surface area contributed by atoms with Gasteiger partial charge < -0.3 is 18.9 Å². The maximum absolute atomic E-state index is 6.84. The number of rotatable bonds is 2. The van der Waals surface area contributed by atoms with Gasteiger partial charge in [0.1, 0.15) is 0 Å². The monoisotopic (exact) mass is 460 g/mol. The second kappa shape index (κ2) is 5.57. The van der Waals surface area contributed by atoms with E-state index in [1.165, 1.54) is 0 Å². The molecule has 4 heterocycles. The normalized spacial score (nSPS) is 42.5. The predicted molar refractivity (Wildman–Crippen MR) is 106 cm³/mol. The Morgan fingerprint density at radius 1 is 0.536 bits per heavy atom. The van der Waals surface area contributed by atoms with Crippen molar-refractivity contribution in [3.63, 3.8) is 0 Å². The lowest BCUT2D eigenvalue weighted by molar-refractivity contribution is -0.627. The predicted octanol–water partition coefficient (Wildman–Crippen LogP) is 5.58. The molecule has 4 nitrogen and oxygen atoms in total. The first kappa shape index (κ1) is 19.4. The summed E-state index contributed by atoms with van der Waals surface area (Å²) in [5, 5.41) is 0. The molecule has 4 bridgehead atoms. The zero-order valence-corrected chi connectivity index (χ0v) is 17.9. The first-order valence-electron chi connectivity index (χ1n) is 8.71. The van der Waals surface area contributed by atoms with Gasteiger partial charge in [0.05, 0.1) is 0 Å². The van der Waals surface area contributed by atoms with Crippen molar-refractivity contribution in [1.82, 2.24) is 0 Å². The fraction of sp³-hybridized carbons (Fsp3) is 0.400. The highest BCUT2D eigenvalue weighted by Gasteiger charge is 2.89. The van der Waals surface area contributed by atoms with E-state index in [0.29, 0.717) is 11.1 Å². The van der Waals surface area contributed by atoms with Crippen molar-refractivity contribution in [2.45, 2.75) is 45.7 Å². The van der Waals surface area contributed by atoms with Crippen molar-refractivity contribution in [3.8, 4) is 0 Å². The fourth-order valence-electron chi connectivity index (χ4n) is 4.23. The van der Waals surface area contributed by atoms with Crippen LogP contribution in [0.25, 0.3) is 0 Å². The molecule has 4 unspecified atom stereocenters. The molecule has 0 aromatic heterocycles. The first-order chi connectivity index (χ1) is 13.0. The van der Waals surface area contributed by atoms with E-state index in [1.807, 2.05) is 60.7 Å². The topological polar surface area (TPSA) is 36.9 Å². The van der Waals surface area contributed by atoms with E-state index in [1.54, 1.807) is 13.8 Å². The largest absolute Gasteiger partial charge is 0.312 e. The summed E-state index contributed by atoms with van der Waals surface area (Å²) in [6.45, 7) is 3.27. The molecule has 0 radical (unpaired) electrons. The number of hydrogen-bond acceptors (Lipinski definition) is 4. The van der Waals surface area contributed by atoms with E-state index in [9.17, 15) is 0 Å². The summed E-state index contributed by atoms with van der Waals surface area (Å²) in [4.78, 5) is 0. The van der Waals surface area contributed by atoms with Crippen molar-refractivity contribution in [3.05, 3.63) is 71.8 Å². The molecule has 2 aromatic carbocycles. The Kier molecular flexibility index (Phi) is 3.86. The molecule has 6 rings (SSSR count). The van der Waals surface area contributed by atoms with E-state index in [0.717, 1.165) is 0 Å². The lowest BCUT2D eigenvalue weighted by Gasteiger charge is -2.74. The highest BCUT2D eigenvalue weighted by atomic mass is 35.5. The van der Waals surface area contributed by atoms with Crippen molar-refractivity contribution in [1.29, 1.82) is 0 Å². The third-order valence-corrected chi connectivity index (χ3v) is 8.00. The van der Waals surface area contributed by atoms with Crippen LogP contribution in [0.5, 0.6) is 0 Å². The molecule has 4 atom stereocenters. The molecular weight excluding hydrogens is 446 g/mol. The number of alkyl halides is 4. The van der Waals surface area contributed by atoms with Crippen molar-refractivity contribution in [2.24, 2.45) is 0 Å². The molecule has 0 spiro atoms. The third-order valence-electron chi connectivity index (χ3n) is 5.63. The first-order valence-corrected chi connectivity index (χ1v) is 10.2. The van der Waals surface area contributed by atoms with Crippen LogP contribution in [-0.2, 0) is 30.5 Å². The van der Waals surface area contributed by atoms with Crippen LogP contribution in [0.3, 0.4) is 0 Å². The van der Waals surface area contributed by atoms with Crippen molar-refractivity contribution < 1.29 is 18.9 Å². The van der Waals surface area contributed by atoms with Crippen LogP contribution >= 0.6 is 46.4 Å². The molecule has 4 aliphatic rings. The van der Waals surface area contributed by atoms with Crippen LogP contribution in [0.15, 0.2) is 60.7 Å². The molecule has 0 saturated carbocycles. The molecule has 0 N–H and O–H groups in total. The summed E-state index contributed by atoms with van der Waals surface area (Å²) in [7, 11) is 0. The second-order valence-electron chi connectivity index (χ2n) is 7.41. The highest BCUT2D eigenvalue weighted by Crippen LogP contribution is 2.75. The average molecular weight is 462 g/mol. The third kappa shape index (κ3) is 1.99. The summed E-state index contributed by atoms with van der Waals surface area (Å²) in [6.07, 6.45) is 0. The lowest BCUT2D eigenvalue weighted by Crippen LogP contribution is -2.88. The van der Waals surface area contributed by atoms with E-state index in [-0.39, 0.29) is 0 Å². The smallest absolute Gasteiger partial charge is 0.240 e. The van der Waals surface area contributed by atoms with Crippen LogP contribution in [0, 0.1) is 0 Å². The molecule has 148 valence electrons. The molecule has 2 aromatic rings. The van der Waals surface area contributed by atoms with Crippen LogP contribution in [0.1, 0.15) is 25.0 Å². The maximum atomic E-state index is 6.84. The Bertz CT molecular complexity index is 864. The molecule has 0 amide bonds. The average Bonchev–Trinajstić information content (AvgIpc) is 2.64. The van der Waals surface area contributed by atoms with Gasteiger partial charge in [0, 0.05) is 11.1 Å². The Morgan fingerprint density at radius 2 is 0.893 bits per heavy atom. The summed E-state index contributed by atoms with van der Waals surface area (Å²) in [5.41, 5.74) is 1.18. The Hall–Kier alpha value is -0.560. The molecule has 8 heteroatoms.